The Kier molecular flexibility index (Phi) is 6.77. The number of fused-ring (bicyclic) bond motifs is 1. The van der Waals surface area contributed by atoms with E-state index in [1.165, 1.54) is 23.0 Å². The number of carbonyl (C=O) groups excluding carboxylic acids is 1. The monoisotopic (exact) mass is 521 g/mol. The third-order valence-corrected chi connectivity index (χ3v) is 4.60. The molecule has 12 heteroatoms. The molecule has 11 nitrogen and oxygen atoms in total. The molecule has 0 unspecified atom stereocenters. The lowest BCUT2D eigenvalue weighted by molar-refractivity contribution is -0.0502. The summed E-state index contributed by atoms with van der Waals surface area (Å²) in [5.41, 5.74) is -1.65. The molecular weight excluding hydrogens is 498 g/mol. The predicted molar refractivity (Wildman–Crippen MR) is 122 cm³/mol. The van der Waals surface area contributed by atoms with Crippen molar-refractivity contribution in [3.8, 4) is 11.6 Å². The largest absolute Gasteiger partial charge is 0.509 e. The van der Waals surface area contributed by atoms with Gasteiger partial charge in [-0.2, -0.15) is 14.6 Å². The minimum Gasteiger partial charge on any atom is -0.465 e. The molecule has 176 valence electrons. The minimum absolute atomic E-state index is 0.129. The lowest BCUT2D eigenvalue weighted by atomic mass is 10.1. The molecular formula is C21H24BrN5O6. The minimum atomic E-state index is -1.29. The quantitative estimate of drug-likeness (QED) is 0.450. The topological polar surface area (TPSA) is 128 Å². The third-order valence-electron chi connectivity index (χ3n) is 4.04. The van der Waals surface area contributed by atoms with Crippen LogP contribution in [-0.4, -0.2) is 54.7 Å². The van der Waals surface area contributed by atoms with E-state index in [9.17, 15) is 14.7 Å². The van der Waals surface area contributed by atoms with Crippen LogP contribution < -0.4 is 9.64 Å². The lowest BCUT2D eigenvalue weighted by Gasteiger charge is -2.31. The number of anilines is 1. The summed E-state index contributed by atoms with van der Waals surface area (Å²) in [6.45, 7) is 8.06. The Morgan fingerprint density at radius 1 is 1.18 bits per heavy atom. The molecule has 0 saturated heterocycles. The van der Waals surface area contributed by atoms with Crippen molar-refractivity contribution in [1.29, 1.82) is 0 Å². The first-order valence-corrected chi connectivity index (χ1v) is 10.7. The highest BCUT2D eigenvalue weighted by molar-refractivity contribution is 9.10. The smallest absolute Gasteiger partial charge is 0.465 e. The molecule has 3 rings (SSSR count). The average Bonchev–Trinajstić information content (AvgIpc) is 3.05. The van der Waals surface area contributed by atoms with Crippen LogP contribution in [0.5, 0.6) is 11.6 Å². The van der Waals surface area contributed by atoms with Gasteiger partial charge in [-0.15, -0.1) is 0 Å². The van der Waals surface area contributed by atoms with Crippen molar-refractivity contribution in [1.82, 2.24) is 19.6 Å². The van der Waals surface area contributed by atoms with E-state index in [-0.39, 0.29) is 18.2 Å². The van der Waals surface area contributed by atoms with Gasteiger partial charge < -0.3 is 19.3 Å². The number of carboxylic acid groups (broad SMARTS) is 1. The molecule has 0 aromatic carbocycles. The molecule has 0 aliphatic heterocycles. The van der Waals surface area contributed by atoms with Crippen LogP contribution in [-0.2, 0) is 9.47 Å². The molecule has 3 heterocycles. The van der Waals surface area contributed by atoms with Crippen molar-refractivity contribution >= 4 is 39.6 Å². The van der Waals surface area contributed by atoms with Gasteiger partial charge in [0, 0.05) is 12.3 Å². The fraction of sp³-hybridized carbons (Fsp3) is 0.381. The molecule has 0 fully saturated rings. The second-order valence-electron chi connectivity index (χ2n) is 8.67. The summed E-state index contributed by atoms with van der Waals surface area (Å²) in [7, 11) is 0. The number of hydrogen-bond acceptors (Lipinski definition) is 8. The maximum Gasteiger partial charge on any atom is 0.509 e. The van der Waals surface area contributed by atoms with Gasteiger partial charge in [-0.1, -0.05) is 0 Å². The highest BCUT2D eigenvalue weighted by Gasteiger charge is 2.33. The van der Waals surface area contributed by atoms with Gasteiger partial charge in [0.15, 0.2) is 5.65 Å². The second kappa shape index (κ2) is 9.22. The van der Waals surface area contributed by atoms with E-state index in [0.29, 0.717) is 15.9 Å². The second-order valence-corrected chi connectivity index (χ2v) is 9.52. The van der Waals surface area contributed by atoms with E-state index in [0.717, 1.165) is 4.90 Å². The van der Waals surface area contributed by atoms with Gasteiger partial charge in [0.05, 0.1) is 23.4 Å². The highest BCUT2D eigenvalue weighted by Crippen LogP contribution is 2.30. The summed E-state index contributed by atoms with van der Waals surface area (Å²) in [6.07, 6.45) is 2.40. The van der Waals surface area contributed by atoms with E-state index in [4.69, 9.17) is 14.2 Å². The summed E-state index contributed by atoms with van der Waals surface area (Å²) in [5, 5.41) is 14.2. The van der Waals surface area contributed by atoms with Crippen LogP contribution >= 0.6 is 15.9 Å². The van der Waals surface area contributed by atoms with Crippen LogP contribution in [0, 0.1) is 0 Å². The molecule has 3 aromatic rings. The van der Waals surface area contributed by atoms with E-state index in [2.05, 4.69) is 31.0 Å². The van der Waals surface area contributed by atoms with Crippen molar-refractivity contribution in [2.24, 2.45) is 0 Å². The van der Waals surface area contributed by atoms with E-state index in [1.807, 2.05) is 0 Å². The number of pyridine rings is 1. The number of rotatable bonds is 6. The summed E-state index contributed by atoms with van der Waals surface area (Å²) in [6, 6.07) is 4.82. The van der Waals surface area contributed by atoms with Crippen molar-refractivity contribution in [2.45, 2.75) is 45.8 Å². The Balaban J connectivity index is 1.96. The molecule has 0 aliphatic rings. The van der Waals surface area contributed by atoms with Crippen molar-refractivity contribution < 1.29 is 28.9 Å². The molecule has 1 N–H and O–H groups in total. The van der Waals surface area contributed by atoms with E-state index >= 15 is 0 Å². The number of nitrogens with zero attached hydrogens (tertiary/aromatic N) is 5. The van der Waals surface area contributed by atoms with Crippen LogP contribution in [0.3, 0.4) is 0 Å². The third kappa shape index (κ3) is 6.31. The molecule has 3 aromatic heterocycles. The van der Waals surface area contributed by atoms with Crippen molar-refractivity contribution in [2.75, 3.05) is 11.4 Å². The summed E-state index contributed by atoms with van der Waals surface area (Å²) in [4.78, 5) is 33.8. The molecule has 0 spiro atoms. The van der Waals surface area contributed by atoms with Gasteiger partial charge >= 0.3 is 12.2 Å². The van der Waals surface area contributed by atoms with Crippen molar-refractivity contribution in [3.05, 3.63) is 41.3 Å². The summed E-state index contributed by atoms with van der Waals surface area (Å²) in [5.74, 6) is 0.688. The zero-order valence-electron chi connectivity index (χ0n) is 18.8. The normalized spacial score (nSPS) is 11.8. The molecule has 33 heavy (non-hydrogen) atoms. The van der Waals surface area contributed by atoms with Gasteiger partial charge in [-0.05, 0) is 62.7 Å². The first kappa shape index (κ1) is 24.2. The Labute approximate surface area is 198 Å². The number of ether oxygens (including phenoxy) is 3. The molecule has 0 radical (unpaired) electrons. The van der Waals surface area contributed by atoms with Gasteiger partial charge in [0.2, 0.25) is 5.88 Å². The highest BCUT2D eigenvalue weighted by atomic mass is 79.9. The lowest BCUT2D eigenvalue weighted by Crippen LogP contribution is -2.46. The van der Waals surface area contributed by atoms with Gasteiger partial charge in [0.25, 0.3) is 0 Å². The zero-order chi connectivity index (χ0) is 24.4. The van der Waals surface area contributed by atoms with Crippen LogP contribution in [0.15, 0.2) is 41.3 Å². The maximum atomic E-state index is 12.2. The van der Waals surface area contributed by atoms with Crippen LogP contribution in [0.1, 0.15) is 34.6 Å². The Morgan fingerprint density at radius 3 is 2.52 bits per heavy atom. The molecule has 0 bridgehead atoms. The Hall–Kier alpha value is -3.41. The summed E-state index contributed by atoms with van der Waals surface area (Å²) >= 11 is 3.36. The van der Waals surface area contributed by atoms with Gasteiger partial charge in [0.1, 0.15) is 22.8 Å². The first-order chi connectivity index (χ1) is 15.3. The molecule has 0 atom stereocenters. The zero-order valence-corrected chi connectivity index (χ0v) is 20.4. The Bertz CT molecular complexity index is 1160. The standard InChI is InChI=1S/C21H24BrN5O6/c1-20(2,3)32-19(30)33-21(4,5)12-26(18(28)29)16-9-15(31-13-7-6-8-23-10-13)25-17-14(22)11-24-27(16)17/h6-11H,12H2,1-5H3,(H,28,29). The SMILES string of the molecule is CC(C)(C)OC(=O)OC(C)(C)CN(C(=O)O)c1cc(Oc2cccnc2)nc2c(Br)cnn12. The first-order valence-electron chi connectivity index (χ1n) is 9.89. The predicted octanol–water partition coefficient (Wildman–Crippen LogP) is 4.89. The molecule has 0 aliphatic carbocycles. The van der Waals surface area contributed by atoms with Crippen LogP contribution in [0.2, 0.25) is 0 Å². The number of amides is 1. The number of halogens is 1. The van der Waals surface area contributed by atoms with E-state index < -0.39 is 23.5 Å². The fourth-order valence-corrected chi connectivity index (χ4v) is 3.18. The fourth-order valence-electron chi connectivity index (χ4n) is 2.83. The van der Waals surface area contributed by atoms with Gasteiger partial charge in [-0.3, -0.25) is 9.88 Å². The number of aromatic nitrogens is 4. The van der Waals surface area contributed by atoms with E-state index in [1.54, 1.807) is 52.9 Å². The van der Waals surface area contributed by atoms with Crippen molar-refractivity contribution in [3.63, 3.8) is 0 Å². The van der Waals surface area contributed by atoms with Crippen LogP contribution in [0.25, 0.3) is 5.65 Å². The molecule has 1 amide bonds. The summed E-state index contributed by atoms with van der Waals surface area (Å²) < 4.78 is 18.2. The Morgan fingerprint density at radius 2 is 1.91 bits per heavy atom. The van der Waals surface area contributed by atoms with Crippen LogP contribution in [0.4, 0.5) is 15.4 Å². The number of carbonyl (C=O) groups is 2. The maximum absolute atomic E-state index is 12.2. The molecule has 0 saturated carbocycles. The van der Waals surface area contributed by atoms with Gasteiger partial charge in [-0.25, -0.2) is 9.59 Å². The average molecular weight is 522 g/mol. The number of hydrogen-bond donors (Lipinski definition) is 1.